The number of halogens is 2. The molecule has 0 spiro atoms. The topological polar surface area (TPSA) is 35.2 Å². The Bertz CT molecular complexity index is 564. The Labute approximate surface area is 110 Å². The molecule has 0 aliphatic rings. The van der Waals surface area contributed by atoms with E-state index >= 15 is 0 Å². The van der Waals surface area contributed by atoms with Crippen LogP contribution < -0.4 is 10.5 Å². The van der Waals surface area contributed by atoms with Crippen LogP contribution in [0.2, 0.25) is 0 Å². The third kappa shape index (κ3) is 3.02. The van der Waals surface area contributed by atoms with Gasteiger partial charge in [-0.3, -0.25) is 0 Å². The number of aryl methyl sites for hydroxylation is 1. The van der Waals surface area contributed by atoms with Gasteiger partial charge in [-0.05, 0) is 36.2 Å². The predicted octanol–water partition coefficient (Wildman–Crippen LogP) is 3.69. The van der Waals surface area contributed by atoms with Crippen LogP contribution >= 0.6 is 0 Å². The van der Waals surface area contributed by atoms with Crippen LogP contribution in [-0.4, -0.2) is 0 Å². The maximum absolute atomic E-state index is 13.4. The van der Waals surface area contributed by atoms with Gasteiger partial charge in [0.1, 0.15) is 24.0 Å². The third-order valence-corrected chi connectivity index (χ3v) is 2.92. The average molecular weight is 263 g/mol. The van der Waals surface area contributed by atoms with E-state index in [1.165, 1.54) is 18.2 Å². The lowest BCUT2D eigenvalue weighted by atomic mass is 10.1. The van der Waals surface area contributed by atoms with Crippen molar-refractivity contribution in [2.24, 2.45) is 0 Å². The summed E-state index contributed by atoms with van der Waals surface area (Å²) in [7, 11) is 0. The van der Waals surface area contributed by atoms with Gasteiger partial charge in [0.2, 0.25) is 0 Å². The molecule has 0 fully saturated rings. The van der Waals surface area contributed by atoms with Gasteiger partial charge >= 0.3 is 0 Å². The molecule has 0 saturated carbocycles. The summed E-state index contributed by atoms with van der Waals surface area (Å²) in [4.78, 5) is 0. The summed E-state index contributed by atoms with van der Waals surface area (Å²) >= 11 is 0. The molecule has 0 saturated heterocycles. The van der Waals surface area contributed by atoms with Gasteiger partial charge in [-0.2, -0.15) is 0 Å². The lowest BCUT2D eigenvalue weighted by Gasteiger charge is -2.11. The fraction of sp³-hybridized carbons (Fsp3) is 0.200. The predicted molar refractivity (Wildman–Crippen MR) is 70.9 cm³/mol. The van der Waals surface area contributed by atoms with Crippen LogP contribution in [-0.2, 0) is 13.0 Å². The second kappa shape index (κ2) is 5.69. The second-order valence-corrected chi connectivity index (χ2v) is 4.21. The molecule has 100 valence electrons. The lowest BCUT2D eigenvalue weighted by molar-refractivity contribution is 0.294. The van der Waals surface area contributed by atoms with Crippen molar-refractivity contribution in [1.29, 1.82) is 0 Å². The number of ether oxygens (including phenoxy) is 1. The number of nitrogens with two attached hydrogens (primary N) is 1. The number of benzene rings is 2. The first-order chi connectivity index (χ1) is 9.11. The van der Waals surface area contributed by atoms with Crippen molar-refractivity contribution in [1.82, 2.24) is 0 Å². The van der Waals surface area contributed by atoms with E-state index in [2.05, 4.69) is 0 Å². The minimum absolute atomic E-state index is 0.0959. The van der Waals surface area contributed by atoms with E-state index in [4.69, 9.17) is 10.5 Å². The number of rotatable bonds is 4. The SMILES string of the molecule is CCc1ccc(OCc2c(F)cccc2F)c(N)c1. The zero-order valence-electron chi connectivity index (χ0n) is 10.6. The smallest absolute Gasteiger partial charge is 0.142 e. The molecular formula is C15H15F2NO. The van der Waals surface area contributed by atoms with Crippen LogP contribution in [0.3, 0.4) is 0 Å². The molecule has 2 rings (SSSR count). The minimum Gasteiger partial charge on any atom is -0.487 e. The molecule has 2 nitrogen and oxygen atoms in total. The van der Waals surface area contributed by atoms with Crippen LogP contribution in [0.4, 0.5) is 14.5 Å². The van der Waals surface area contributed by atoms with E-state index < -0.39 is 11.6 Å². The quantitative estimate of drug-likeness (QED) is 0.854. The number of nitrogen functional groups attached to an aromatic ring is 1. The molecule has 0 heterocycles. The number of hydrogen-bond donors (Lipinski definition) is 1. The fourth-order valence-electron chi connectivity index (χ4n) is 1.77. The normalized spacial score (nSPS) is 10.5. The van der Waals surface area contributed by atoms with Crippen LogP contribution in [0.1, 0.15) is 18.1 Å². The highest BCUT2D eigenvalue weighted by Gasteiger charge is 2.10. The zero-order valence-corrected chi connectivity index (χ0v) is 10.6. The van der Waals surface area contributed by atoms with Gasteiger partial charge in [-0.15, -0.1) is 0 Å². The molecule has 2 N–H and O–H groups in total. The van der Waals surface area contributed by atoms with Crippen LogP contribution in [0.5, 0.6) is 5.75 Å². The molecule has 0 bridgehead atoms. The van der Waals surface area contributed by atoms with Crippen molar-refractivity contribution in [2.45, 2.75) is 20.0 Å². The van der Waals surface area contributed by atoms with Crippen molar-refractivity contribution in [3.63, 3.8) is 0 Å². The van der Waals surface area contributed by atoms with Gasteiger partial charge in [0.05, 0.1) is 11.3 Å². The molecule has 0 aromatic heterocycles. The summed E-state index contributed by atoms with van der Waals surface area (Å²) in [6.07, 6.45) is 0.867. The average Bonchev–Trinajstić information content (AvgIpc) is 2.39. The van der Waals surface area contributed by atoms with Gasteiger partial charge in [0.15, 0.2) is 0 Å². The van der Waals surface area contributed by atoms with Crippen molar-refractivity contribution in [3.8, 4) is 5.75 Å². The van der Waals surface area contributed by atoms with Crippen molar-refractivity contribution in [2.75, 3.05) is 5.73 Å². The maximum atomic E-state index is 13.4. The first-order valence-electron chi connectivity index (χ1n) is 6.06. The lowest BCUT2D eigenvalue weighted by Crippen LogP contribution is -2.03. The zero-order chi connectivity index (χ0) is 13.8. The summed E-state index contributed by atoms with van der Waals surface area (Å²) in [5, 5.41) is 0. The molecule has 0 amide bonds. The fourth-order valence-corrected chi connectivity index (χ4v) is 1.77. The van der Waals surface area contributed by atoms with E-state index in [0.29, 0.717) is 11.4 Å². The summed E-state index contributed by atoms with van der Waals surface area (Å²) < 4.78 is 32.2. The summed E-state index contributed by atoms with van der Waals surface area (Å²) in [5.41, 5.74) is 7.28. The summed E-state index contributed by atoms with van der Waals surface area (Å²) in [5.74, 6) is -0.813. The third-order valence-electron chi connectivity index (χ3n) is 2.92. The molecule has 2 aromatic carbocycles. The Hall–Kier alpha value is -2.10. The highest BCUT2D eigenvalue weighted by Crippen LogP contribution is 2.24. The minimum atomic E-state index is -0.622. The van der Waals surface area contributed by atoms with Gasteiger partial charge in [-0.1, -0.05) is 19.1 Å². The first-order valence-corrected chi connectivity index (χ1v) is 6.06. The Morgan fingerprint density at radius 3 is 2.37 bits per heavy atom. The van der Waals surface area contributed by atoms with E-state index in [-0.39, 0.29) is 12.2 Å². The maximum Gasteiger partial charge on any atom is 0.142 e. The molecule has 0 aliphatic heterocycles. The standard InChI is InChI=1S/C15H15F2NO/c1-2-10-6-7-15(14(18)8-10)19-9-11-12(16)4-3-5-13(11)17/h3-8H,2,9,18H2,1H3. The largest absolute Gasteiger partial charge is 0.487 e. The van der Waals surface area contributed by atoms with E-state index in [1.54, 1.807) is 12.1 Å². The van der Waals surface area contributed by atoms with Crippen LogP contribution in [0.15, 0.2) is 36.4 Å². The Morgan fingerprint density at radius 1 is 1.11 bits per heavy atom. The van der Waals surface area contributed by atoms with Crippen molar-refractivity contribution in [3.05, 3.63) is 59.2 Å². The van der Waals surface area contributed by atoms with Gasteiger partial charge in [0.25, 0.3) is 0 Å². The van der Waals surface area contributed by atoms with Crippen molar-refractivity contribution >= 4 is 5.69 Å². The molecule has 0 aliphatic carbocycles. The highest BCUT2D eigenvalue weighted by atomic mass is 19.1. The molecule has 0 unspecified atom stereocenters. The molecule has 0 atom stereocenters. The van der Waals surface area contributed by atoms with Crippen LogP contribution in [0, 0.1) is 11.6 Å². The molecule has 0 radical (unpaired) electrons. The van der Waals surface area contributed by atoms with Gasteiger partial charge < -0.3 is 10.5 Å². The number of hydrogen-bond acceptors (Lipinski definition) is 2. The highest BCUT2D eigenvalue weighted by molar-refractivity contribution is 5.54. The Kier molecular flexibility index (Phi) is 4.00. The summed E-state index contributed by atoms with van der Waals surface area (Å²) in [6.45, 7) is 1.83. The van der Waals surface area contributed by atoms with Gasteiger partial charge in [-0.25, -0.2) is 8.78 Å². The monoisotopic (exact) mass is 263 g/mol. The molecular weight excluding hydrogens is 248 g/mol. The first kappa shape index (κ1) is 13.3. The Morgan fingerprint density at radius 2 is 1.79 bits per heavy atom. The van der Waals surface area contributed by atoms with E-state index in [0.717, 1.165) is 12.0 Å². The van der Waals surface area contributed by atoms with Crippen molar-refractivity contribution < 1.29 is 13.5 Å². The Balaban J connectivity index is 2.15. The summed E-state index contributed by atoms with van der Waals surface area (Å²) in [6, 6.07) is 9.11. The van der Waals surface area contributed by atoms with E-state index in [9.17, 15) is 8.78 Å². The second-order valence-electron chi connectivity index (χ2n) is 4.21. The molecule has 19 heavy (non-hydrogen) atoms. The van der Waals surface area contributed by atoms with Crippen LogP contribution in [0.25, 0.3) is 0 Å². The van der Waals surface area contributed by atoms with Gasteiger partial charge in [0, 0.05) is 0 Å². The number of anilines is 1. The molecule has 4 heteroatoms. The molecule has 2 aromatic rings. The van der Waals surface area contributed by atoms with E-state index in [1.807, 2.05) is 13.0 Å².